The molecule has 0 radical (unpaired) electrons. The van der Waals surface area contributed by atoms with Gasteiger partial charge in [0.05, 0.1) is 12.3 Å². The molecule has 2 rings (SSSR count). The summed E-state index contributed by atoms with van der Waals surface area (Å²) in [5.74, 6) is 2.17. The molecule has 1 fully saturated rings. The molecular formula is C15H19N3O. The van der Waals surface area contributed by atoms with Crippen molar-refractivity contribution in [3.63, 3.8) is 0 Å². The fourth-order valence-corrected chi connectivity index (χ4v) is 2.29. The van der Waals surface area contributed by atoms with Gasteiger partial charge in [0, 0.05) is 0 Å². The van der Waals surface area contributed by atoms with Crippen molar-refractivity contribution < 1.29 is 4.42 Å². The third kappa shape index (κ3) is 4.29. The average molecular weight is 257 g/mol. The topological polar surface area (TPSA) is 61.3 Å². The van der Waals surface area contributed by atoms with Crippen LogP contribution in [0.4, 0.5) is 0 Å². The van der Waals surface area contributed by atoms with Gasteiger partial charge in [0.1, 0.15) is 11.6 Å². The summed E-state index contributed by atoms with van der Waals surface area (Å²) in [7, 11) is 0. The standard InChI is InChI=1S/C15H19N3O/c1-12-4-6-13(7-5-12)18-15(17-11-16)9-8-14-3-2-10-19-14/h2-3,8-10,12-13H,4-7H2,1H3,(H,17,18). The number of nitrogens with zero attached hydrogens (tertiary/aromatic N) is 2. The highest BCUT2D eigenvalue weighted by Crippen LogP contribution is 2.25. The third-order valence-corrected chi connectivity index (χ3v) is 3.44. The van der Waals surface area contributed by atoms with E-state index in [0.717, 1.165) is 24.5 Å². The van der Waals surface area contributed by atoms with Crippen LogP contribution in [0.2, 0.25) is 0 Å². The van der Waals surface area contributed by atoms with Gasteiger partial charge in [-0.05, 0) is 55.9 Å². The van der Waals surface area contributed by atoms with Crippen LogP contribution < -0.4 is 5.32 Å². The molecule has 0 atom stereocenters. The number of hydrogen-bond acceptors (Lipinski definition) is 3. The highest BCUT2D eigenvalue weighted by Gasteiger charge is 2.17. The van der Waals surface area contributed by atoms with Crippen LogP contribution >= 0.6 is 0 Å². The molecule has 1 aliphatic carbocycles. The Morgan fingerprint density at radius 3 is 2.89 bits per heavy atom. The van der Waals surface area contributed by atoms with E-state index in [4.69, 9.17) is 9.68 Å². The van der Waals surface area contributed by atoms with E-state index < -0.39 is 0 Å². The third-order valence-electron chi connectivity index (χ3n) is 3.44. The van der Waals surface area contributed by atoms with Crippen LogP contribution in [0.3, 0.4) is 0 Å². The van der Waals surface area contributed by atoms with Gasteiger partial charge >= 0.3 is 0 Å². The van der Waals surface area contributed by atoms with E-state index in [9.17, 15) is 0 Å². The summed E-state index contributed by atoms with van der Waals surface area (Å²) in [5, 5.41) is 11.4. The van der Waals surface area contributed by atoms with Crippen LogP contribution in [-0.2, 0) is 0 Å². The molecule has 0 unspecified atom stereocenters. The molecule has 19 heavy (non-hydrogen) atoms. The lowest BCUT2D eigenvalue weighted by Gasteiger charge is -2.23. The SMILES string of the molecule is CC1CCC(N=C(C=Cc2ccco2)NC#N)CC1. The monoisotopic (exact) mass is 257 g/mol. The van der Waals surface area contributed by atoms with Gasteiger partial charge in [-0.3, -0.25) is 10.3 Å². The summed E-state index contributed by atoms with van der Waals surface area (Å²) in [6.07, 6.45) is 11.8. The number of furan rings is 1. The van der Waals surface area contributed by atoms with E-state index in [1.165, 1.54) is 12.8 Å². The van der Waals surface area contributed by atoms with Crippen molar-refractivity contribution in [2.45, 2.75) is 38.6 Å². The molecule has 100 valence electrons. The summed E-state index contributed by atoms with van der Waals surface area (Å²) in [6.45, 7) is 2.28. The van der Waals surface area contributed by atoms with Crippen molar-refractivity contribution in [2.75, 3.05) is 0 Å². The van der Waals surface area contributed by atoms with Crippen LogP contribution in [0.25, 0.3) is 6.08 Å². The highest BCUT2D eigenvalue weighted by molar-refractivity contribution is 5.97. The predicted molar refractivity (Wildman–Crippen MR) is 75.3 cm³/mol. The van der Waals surface area contributed by atoms with Crippen LogP contribution in [0, 0.1) is 17.4 Å². The van der Waals surface area contributed by atoms with Gasteiger partial charge in [0.25, 0.3) is 0 Å². The van der Waals surface area contributed by atoms with Gasteiger partial charge in [-0.1, -0.05) is 6.92 Å². The van der Waals surface area contributed by atoms with E-state index in [1.807, 2.05) is 24.4 Å². The minimum Gasteiger partial charge on any atom is -0.465 e. The Hall–Kier alpha value is -2.02. The number of aliphatic imine (C=N–C) groups is 1. The largest absolute Gasteiger partial charge is 0.465 e. The normalized spacial score (nSPS) is 24.3. The van der Waals surface area contributed by atoms with Gasteiger partial charge in [-0.15, -0.1) is 0 Å². The lowest BCUT2D eigenvalue weighted by Crippen LogP contribution is -2.22. The Kier molecular flexibility index (Phi) is 4.79. The first-order chi connectivity index (χ1) is 9.28. The lowest BCUT2D eigenvalue weighted by molar-refractivity contribution is 0.349. The van der Waals surface area contributed by atoms with Crippen molar-refractivity contribution in [3.8, 4) is 6.19 Å². The summed E-state index contributed by atoms with van der Waals surface area (Å²) in [4.78, 5) is 4.61. The number of nitrogens with one attached hydrogen (secondary N) is 1. The summed E-state index contributed by atoms with van der Waals surface area (Å²) < 4.78 is 5.21. The minimum absolute atomic E-state index is 0.327. The smallest absolute Gasteiger partial charge is 0.182 e. The number of hydrogen-bond donors (Lipinski definition) is 1. The second-order valence-electron chi connectivity index (χ2n) is 5.01. The Morgan fingerprint density at radius 2 is 2.26 bits per heavy atom. The van der Waals surface area contributed by atoms with E-state index in [2.05, 4.69) is 17.2 Å². The molecule has 1 aromatic rings. The Balaban J connectivity index is 2.01. The first-order valence-electron chi connectivity index (χ1n) is 6.72. The predicted octanol–water partition coefficient (Wildman–Crippen LogP) is 3.34. The molecular weight excluding hydrogens is 238 g/mol. The Morgan fingerprint density at radius 1 is 1.47 bits per heavy atom. The summed E-state index contributed by atoms with van der Waals surface area (Å²) >= 11 is 0. The molecule has 1 aliphatic rings. The second-order valence-corrected chi connectivity index (χ2v) is 5.01. The van der Waals surface area contributed by atoms with Crippen LogP contribution in [0.1, 0.15) is 38.4 Å². The van der Waals surface area contributed by atoms with Crippen molar-refractivity contribution in [1.82, 2.24) is 5.32 Å². The summed E-state index contributed by atoms with van der Waals surface area (Å²) in [6, 6.07) is 4.02. The molecule has 0 amide bonds. The van der Waals surface area contributed by atoms with Crippen LogP contribution in [0.5, 0.6) is 0 Å². The van der Waals surface area contributed by atoms with Crippen molar-refractivity contribution in [2.24, 2.45) is 10.9 Å². The molecule has 0 saturated heterocycles. The number of nitriles is 1. The zero-order chi connectivity index (χ0) is 13.5. The quantitative estimate of drug-likeness (QED) is 0.391. The molecule has 1 aromatic heterocycles. The van der Waals surface area contributed by atoms with E-state index >= 15 is 0 Å². The zero-order valence-electron chi connectivity index (χ0n) is 11.2. The number of rotatable bonds is 3. The first kappa shape index (κ1) is 13.4. The number of amidine groups is 1. The Bertz CT molecular complexity index is 474. The van der Waals surface area contributed by atoms with Gasteiger partial charge in [0.2, 0.25) is 0 Å². The highest BCUT2D eigenvalue weighted by atomic mass is 16.3. The second kappa shape index (κ2) is 6.79. The molecule has 1 heterocycles. The van der Waals surface area contributed by atoms with Crippen molar-refractivity contribution >= 4 is 11.9 Å². The van der Waals surface area contributed by atoms with Crippen LogP contribution in [-0.4, -0.2) is 11.9 Å². The van der Waals surface area contributed by atoms with Gasteiger partial charge < -0.3 is 4.42 Å². The molecule has 0 bridgehead atoms. The lowest BCUT2D eigenvalue weighted by atomic mass is 9.88. The molecule has 4 nitrogen and oxygen atoms in total. The molecule has 1 saturated carbocycles. The maximum absolute atomic E-state index is 8.77. The van der Waals surface area contributed by atoms with Gasteiger partial charge in [-0.2, -0.15) is 5.26 Å². The molecule has 0 spiro atoms. The molecule has 0 aliphatic heterocycles. The van der Waals surface area contributed by atoms with E-state index in [0.29, 0.717) is 11.9 Å². The average Bonchev–Trinajstić information content (AvgIpc) is 2.92. The maximum atomic E-state index is 8.77. The minimum atomic E-state index is 0.327. The fraction of sp³-hybridized carbons (Fsp3) is 0.467. The molecule has 0 aromatic carbocycles. The van der Waals surface area contributed by atoms with E-state index in [1.54, 1.807) is 12.3 Å². The van der Waals surface area contributed by atoms with Gasteiger partial charge in [0.15, 0.2) is 6.19 Å². The summed E-state index contributed by atoms with van der Waals surface area (Å²) in [5.41, 5.74) is 0. The van der Waals surface area contributed by atoms with Crippen molar-refractivity contribution in [1.29, 1.82) is 5.26 Å². The fourth-order valence-electron chi connectivity index (χ4n) is 2.29. The maximum Gasteiger partial charge on any atom is 0.182 e. The Labute approximate surface area is 113 Å². The molecule has 4 heteroatoms. The van der Waals surface area contributed by atoms with Gasteiger partial charge in [-0.25, -0.2) is 0 Å². The van der Waals surface area contributed by atoms with Crippen molar-refractivity contribution in [3.05, 3.63) is 30.2 Å². The zero-order valence-corrected chi connectivity index (χ0v) is 11.2. The first-order valence-corrected chi connectivity index (χ1v) is 6.72. The van der Waals surface area contributed by atoms with Crippen LogP contribution in [0.15, 0.2) is 33.9 Å². The van der Waals surface area contributed by atoms with E-state index in [-0.39, 0.29) is 0 Å². The molecule has 1 N–H and O–H groups in total.